The number of benzene rings is 1. The lowest BCUT2D eigenvalue weighted by Gasteiger charge is -2.18. The molecule has 0 fully saturated rings. The molecule has 0 heterocycles. The minimum absolute atomic E-state index is 0.232. The molecular weight excluding hydrogens is 246 g/mol. The van der Waals surface area contributed by atoms with Crippen molar-refractivity contribution in [3.63, 3.8) is 0 Å². The summed E-state index contributed by atoms with van der Waals surface area (Å²) < 4.78 is 0. The topological polar surface area (TPSA) is 86.6 Å². The summed E-state index contributed by atoms with van der Waals surface area (Å²) in [6, 6.07) is 6.36. The van der Waals surface area contributed by atoms with E-state index in [2.05, 4.69) is 5.32 Å². The van der Waals surface area contributed by atoms with Crippen molar-refractivity contribution >= 4 is 23.5 Å². The molecule has 1 amide bonds. The number of aliphatic hydroxyl groups is 1. The van der Waals surface area contributed by atoms with E-state index in [9.17, 15) is 14.7 Å². The van der Waals surface area contributed by atoms with Crippen LogP contribution in [0.2, 0.25) is 5.02 Å². The lowest BCUT2D eigenvalue weighted by Crippen LogP contribution is -2.46. The van der Waals surface area contributed by atoms with E-state index in [1.807, 2.05) is 0 Å². The third kappa shape index (κ3) is 3.44. The number of nitrogens with one attached hydrogen (secondary N) is 1. The van der Waals surface area contributed by atoms with Crippen LogP contribution in [0.3, 0.4) is 0 Å². The van der Waals surface area contributed by atoms with E-state index < -0.39 is 24.0 Å². The molecule has 0 aliphatic heterocycles. The Labute approximate surface area is 103 Å². The summed E-state index contributed by atoms with van der Waals surface area (Å²) in [7, 11) is 0. The lowest BCUT2D eigenvalue weighted by molar-refractivity contribution is -0.155. The van der Waals surface area contributed by atoms with Crippen LogP contribution in [-0.2, 0) is 4.79 Å². The molecule has 0 saturated heterocycles. The van der Waals surface area contributed by atoms with Gasteiger partial charge in [-0.3, -0.25) is 4.79 Å². The molecule has 0 aromatic heterocycles. The molecule has 0 aliphatic carbocycles. The van der Waals surface area contributed by atoms with Gasteiger partial charge in [0, 0.05) is 0 Å². The summed E-state index contributed by atoms with van der Waals surface area (Å²) >= 11 is 5.79. The summed E-state index contributed by atoms with van der Waals surface area (Å²) in [5.41, 5.74) is -1.77. The molecule has 92 valence electrons. The van der Waals surface area contributed by atoms with E-state index in [0.29, 0.717) is 0 Å². The molecule has 1 atom stereocenters. The van der Waals surface area contributed by atoms with E-state index in [-0.39, 0.29) is 10.6 Å². The first kappa shape index (κ1) is 13.5. The molecule has 1 aromatic rings. The predicted molar refractivity (Wildman–Crippen MR) is 62.0 cm³/mol. The summed E-state index contributed by atoms with van der Waals surface area (Å²) in [5.74, 6) is -1.94. The van der Waals surface area contributed by atoms with Gasteiger partial charge in [-0.25, -0.2) is 4.79 Å². The molecule has 0 bridgehead atoms. The molecule has 0 saturated carbocycles. The maximum Gasteiger partial charge on any atom is 0.337 e. The molecule has 0 radical (unpaired) electrons. The van der Waals surface area contributed by atoms with Gasteiger partial charge in [-0.15, -0.1) is 0 Å². The number of carboxylic acids is 1. The van der Waals surface area contributed by atoms with Crippen LogP contribution in [0.4, 0.5) is 0 Å². The van der Waals surface area contributed by atoms with Crippen molar-refractivity contribution in [2.75, 3.05) is 6.54 Å². The quantitative estimate of drug-likeness (QED) is 0.748. The molecule has 0 spiro atoms. The zero-order valence-corrected chi connectivity index (χ0v) is 9.86. The molecular formula is C11H12ClNO4. The predicted octanol–water partition coefficient (Wildman–Crippen LogP) is 0.905. The van der Waals surface area contributed by atoms with Crippen molar-refractivity contribution in [3.05, 3.63) is 34.9 Å². The average Bonchev–Trinajstić information content (AvgIpc) is 2.26. The van der Waals surface area contributed by atoms with E-state index in [0.717, 1.165) is 6.92 Å². The molecule has 17 heavy (non-hydrogen) atoms. The number of carboxylic acid groups (broad SMARTS) is 1. The SMILES string of the molecule is CC(O)(CNC(=O)c1ccccc1Cl)C(=O)O. The Hall–Kier alpha value is -1.59. The third-order valence-corrected chi connectivity index (χ3v) is 2.50. The van der Waals surface area contributed by atoms with Crippen LogP contribution in [0.25, 0.3) is 0 Å². The van der Waals surface area contributed by atoms with E-state index in [4.69, 9.17) is 16.7 Å². The van der Waals surface area contributed by atoms with E-state index in [1.165, 1.54) is 6.07 Å². The molecule has 3 N–H and O–H groups in total. The zero-order valence-electron chi connectivity index (χ0n) is 9.11. The standard InChI is InChI=1S/C11H12ClNO4/c1-11(17,10(15)16)6-13-9(14)7-4-2-3-5-8(7)12/h2-5,17H,6H2,1H3,(H,13,14)(H,15,16). The molecule has 1 aromatic carbocycles. The first-order valence-corrected chi connectivity index (χ1v) is 5.21. The smallest absolute Gasteiger partial charge is 0.337 e. The average molecular weight is 258 g/mol. The first-order valence-electron chi connectivity index (χ1n) is 4.83. The Kier molecular flexibility index (Phi) is 4.09. The fourth-order valence-corrected chi connectivity index (χ4v) is 1.29. The Morgan fingerprint density at radius 2 is 2.00 bits per heavy atom. The van der Waals surface area contributed by atoms with Crippen molar-refractivity contribution < 1.29 is 19.8 Å². The summed E-state index contributed by atoms with van der Waals surface area (Å²) in [5, 5.41) is 20.6. The van der Waals surface area contributed by atoms with Gasteiger partial charge in [-0.05, 0) is 19.1 Å². The highest BCUT2D eigenvalue weighted by molar-refractivity contribution is 6.33. The Morgan fingerprint density at radius 3 is 2.53 bits per heavy atom. The van der Waals surface area contributed by atoms with Crippen LogP contribution in [-0.4, -0.2) is 34.2 Å². The van der Waals surface area contributed by atoms with Crippen LogP contribution >= 0.6 is 11.6 Å². The molecule has 1 unspecified atom stereocenters. The first-order chi connectivity index (χ1) is 7.84. The van der Waals surface area contributed by atoms with Crippen molar-refractivity contribution in [1.82, 2.24) is 5.32 Å². The number of aliphatic carboxylic acids is 1. The number of hydrogen-bond acceptors (Lipinski definition) is 3. The molecule has 0 aliphatic rings. The van der Waals surface area contributed by atoms with Crippen LogP contribution in [0.5, 0.6) is 0 Å². The van der Waals surface area contributed by atoms with Gasteiger partial charge in [-0.1, -0.05) is 23.7 Å². The maximum absolute atomic E-state index is 11.6. The number of rotatable bonds is 4. The minimum Gasteiger partial charge on any atom is -0.479 e. The highest BCUT2D eigenvalue weighted by atomic mass is 35.5. The van der Waals surface area contributed by atoms with E-state index >= 15 is 0 Å². The highest BCUT2D eigenvalue weighted by Crippen LogP contribution is 2.14. The maximum atomic E-state index is 11.6. The molecule has 1 rings (SSSR count). The van der Waals surface area contributed by atoms with Gasteiger partial charge in [-0.2, -0.15) is 0 Å². The number of carbonyl (C=O) groups is 2. The second kappa shape index (κ2) is 5.16. The fourth-order valence-electron chi connectivity index (χ4n) is 1.07. The van der Waals surface area contributed by atoms with Crippen LogP contribution in [0.15, 0.2) is 24.3 Å². The van der Waals surface area contributed by atoms with Crippen molar-refractivity contribution in [1.29, 1.82) is 0 Å². The van der Waals surface area contributed by atoms with Crippen molar-refractivity contribution in [2.45, 2.75) is 12.5 Å². The summed E-state index contributed by atoms with van der Waals surface area (Å²) in [6.07, 6.45) is 0. The third-order valence-electron chi connectivity index (χ3n) is 2.17. The van der Waals surface area contributed by atoms with Gasteiger partial charge in [0.25, 0.3) is 5.91 Å². The summed E-state index contributed by atoms with van der Waals surface area (Å²) in [4.78, 5) is 22.2. The Balaban J connectivity index is 2.69. The number of amides is 1. The zero-order chi connectivity index (χ0) is 13.1. The largest absolute Gasteiger partial charge is 0.479 e. The van der Waals surface area contributed by atoms with Crippen molar-refractivity contribution in [2.24, 2.45) is 0 Å². The number of halogens is 1. The van der Waals surface area contributed by atoms with Gasteiger partial charge < -0.3 is 15.5 Å². The van der Waals surface area contributed by atoms with Gasteiger partial charge >= 0.3 is 5.97 Å². The van der Waals surface area contributed by atoms with E-state index in [1.54, 1.807) is 18.2 Å². The van der Waals surface area contributed by atoms with Crippen molar-refractivity contribution in [3.8, 4) is 0 Å². The molecule has 6 heteroatoms. The number of carbonyl (C=O) groups excluding carboxylic acids is 1. The van der Waals surface area contributed by atoms with Gasteiger partial charge in [0.05, 0.1) is 17.1 Å². The fraction of sp³-hybridized carbons (Fsp3) is 0.273. The highest BCUT2D eigenvalue weighted by Gasteiger charge is 2.30. The van der Waals surface area contributed by atoms with Crippen LogP contribution in [0.1, 0.15) is 17.3 Å². The Morgan fingerprint density at radius 1 is 1.41 bits per heavy atom. The lowest BCUT2D eigenvalue weighted by atomic mass is 10.1. The second-order valence-electron chi connectivity index (χ2n) is 3.74. The summed E-state index contributed by atoms with van der Waals surface area (Å²) in [6.45, 7) is 0.703. The normalized spacial score (nSPS) is 13.8. The second-order valence-corrected chi connectivity index (χ2v) is 4.15. The van der Waals surface area contributed by atoms with Gasteiger partial charge in [0.15, 0.2) is 5.60 Å². The number of hydrogen-bond donors (Lipinski definition) is 3. The Bertz CT molecular complexity index is 445. The van der Waals surface area contributed by atoms with Crippen LogP contribution < -0.4 is 5.32 Å². The van der Waals surface area contributed by atoms with Crippen LogP contribution in [0, 0.1) is 0 Å². The van der Waals surface area contributed by atoms with Gasteiger partial charge in [0.2, 0.25) is 0 Å². The molecule has 5 nitrogen and oxygen atoms in total. The minimum atomic E-state index is -2.00. The van der Waals surface area contributed by atoms with Gasteiger partial charge in [0.1, 0.15) is 0 Å². The monoisotopic (exact) mass is 257 g/mol.